The van der Waals surface area contributed by atoms with Gasteiger partial charge in [0.05, 0.1) is 19.3 Å². The molecule has 1 N–H and O–H groups in total. The minimum absolute atomic E-state index is 0.0250. The first-order chi connectivity index (χ1) is 10.7. The fraction of sp³-hybridized carbons (Fsp3) is 0.611. The monoisotopic (exact) mass is 305 g/mol. The largest absolute Gasteiger partial charge is 0.490 e. The van der Waals surface area contributed by atoms with Gasteiger partial charge in [0.2, 0.25) is 5.91 Å². The Morgan fingerprint density at radius 2 is 1.82 bits per heavy atom. The van der Waals surface area contributed by atoms with Crippen molar-refractivity contribution in [3.8, 4) is 11.5 Å². The van der Waals surface area contributed by atoms with E-state index in [9.17, 15) is 4.79 Å². The molecule has 0 bridgehead atoms. The van der Waals surface area contributed by atoms with Crippen molar-refractivity contribution in [3.63, 3.8) is 0 Å². The lowest BCUT2D eigenvalue weighted by molar-refractivity contribution is -0.125. The molecule has 22 heavy (non-hydrogen) atoms. The summed E-state index contributed by atoms with van der Waals surface area (Å²) in [6.07, 6.45) is 4.38. The summed E-state index contributed by atoms with van der Waals surface area (Å²) in [5.74, 6) is 1.86. The van der Waals surface area contributed by atoms with Crippen LogP contribution in [0.2, 0.25) is 0 Å². The minimum Gasteiger partial charge on any atom is -0.490 e. The molecule has 2 rings (SSSR count). The molecule has 0 spiro atoms. The zero-order chi connectivity index (χ0) is 15.9. The summed E-state index contributed by atoms with van der Waals surface area (Å²) in [7, 11) is 0. The van der Waals surface area contributed by atoms with Crippen LogP contribution in [0.25, 0.3) is 0 Å². The Labute approximate surface area is 133 Å². The Kier molecular flexibility index (Phi) is 6.10. The van der Waals surface area contributed by atoms with E-state index in [0.29, 0.717) is 13.2 Å². The van der Waals surface area contributed by atoms with Crippen LogP contribution in [0.15, 0.2) is 18.2 Å². The highest BCUT2D eigenvalue weighted by Gasteiger charge is 2.24. The van der Waals surface area contributed by atoms with Gasteiger partial charge in [-0.05, 0) is 51.3 Å². The molecule has 1 saturated carbocycles. The Bertz CT molecular complexity index is 495. The first-order valence-corrected chi connectivity index (χ1v) is 8.35. The molecule has 1 atom stereocenters. The maximum absolute atomic E-state index is 12.2. The van der Waals surface area contributed by atoms with Crippen molar-refractivity contribution in [1.82, 2.24) is 5.32 Å². The summed E-state index contributed by atoms with van der Waals surface area (Å²) in [6, 6.07) is 5.85. The van der Waals surface area contributed by atoms with Crippen molar-refractivity contribution in [2.45, 2.75) is 52.5 Å². The van der Waals surface area contributed by atoms with E-state index in [1.165, 1.54) is 12.8 Å². The van der Waals surface area contributed by atoms with Crippen LogP contribution in [0.5, 0.6) is 11.5 Å². The summed E-state index contributed by atoms with van der Waals surface area (Å²) >= 11 is 0. The summed E-state index contributed by atoms with van der Waals surface area (Å²) in [4.78, 5) is 12.2. The third kappa shape index (κ3) is 4.15. The second-order valence-electron chi connectivity index (χ2n) is 5.78. The number of carbonyl (C=O) groups is 1. The van der Waals surface area contributed by atoms with E-state index in [4.69, 9.17) is 9.47 Å². The molecule has 0 saturated heterocycles. The highest BCUT2D eigenvalue weighted by Crippen LogP contribution is 2.31. The SMILES string of the molecule is CCOc1ccc([C@H](C)NC(=O)C2CCCC2)cc1OCC. The van der Waals surface area contributed by atoms with Gasteiger partial charge >= 0.3 is 0 Å². The number of hydrogen-bond donors (Lipinski definition) is 1. The molecule has 1 amide bonds. The van der Waals surface area contributed by atoms with Gasteiger partial charge in [0, 0.05) is 5.92 Å². The van der Waals surface area contributed by atoms with E-state index >= 15 is 0 Å². The van der Waals surface area contributed by atoms with Gasteiger partial charge in [-0.2, -0.15) is 0 Å². The van der Waals surface area contributed by atoms with Crippen LogP contribution in [0.4, 0.5) is 0 Å². The first-order valence-electron chi connectivity index (χ1n) is 8.35. The number of rotatable bonds is 7. The van der Waals surface area contributed by atoms with Crippen LogP contribution < -0.4 is 14.8 Å². The number of nitrogens with one attached hydrogen (secondary N) is 1. The highest BCUT2D eigenvalue weighted by molar-refractivity contribution is 5.79. The van der Waals surface area contributed by atoms with Crippen molar-refractivity contribution in [1.29, 1.82) is 0 Å². The van der Waals surface area contributed by atoms with Crippen molar-refractivity contribution in [3.05, 3.63) is 23.8 Å². The van der Waals surface area contributed by atoms with Gasteiger partial charge in [0.1, 0.15) is 0 Å². The molecular weight excluding hydrogens is 278 g/mol. The second kappa shape index (κ2) is 8.06. The predicted molar refractivity (Wildman–Crippen MR) is 87.3 cm³/mol. The van der Waals surface area contributed by atoms with Crippen LogP contribution in [0.1, 0.15) is 58.1 Å². The lowest BCUT2D eigenvalue weighted by atomic mass is 10.0. The predicted octanol–water partition coefficient (Wildman–Crippen LogP) is 3.85. The first kappa shape index (κ1) is 16.7. The van der Waals surface area contributed by atoms with Crippen molar-refractivity contribution >= 4 is 5.91 Å². The van der Waals surface area contributed by atoms with E-state index in [0.717, 1.165) is 29.9 Å². The molecule has 0 aromatic heterocycles. The molecule has 1 aromatic rings. The number of carbonyl (C=O) groups excluding carboxylic acids is 1. The molecule has 1 aromatic carbocycles. The molecule has 0 heterocycles. The molecule has 1 aliphatic rings. The third-order valence-electron chi connectivity index (χ3n) is 4.15. The van der Waals surface area contributed by atoms with E-state index in [2.05, 4.69) is 5.32 Å². The molecule has 1 aliphatic carbocycles. The third-order valence-corrected chi connectivity index (χ3v) is 4.15. The second-order valence-corrected chi connectivity index (χ2v) is 5.78. The van der Waals surface area contributed by atoms with Gasteiger partial charge in [-0.3, -0.25) is 4.79 Å². The van der Waals surface area contributed by atoms with Crippen LogP contribution in [0, 0.1) is 5.92 Å². The van der Waals surface area contributed by atoms with Crippen LogP contribution in [-0.2, 0) is 4.79 Å². The topological polar surface area (TPSA) is 47.6 Å². The smallest absolute Gasteiger partial charge is 0.223 e. The van der Waals surface area contributed by atoms with Gasteiger partial charge in [-0.25, -0.2) is 0 Å². The number of benzene rings is 1. The Balaban J connectivity index is 2.06. The summed E-state index contributed by atoms with van der Waals surface area (Å²) in [5.41, 5.74) is 1.04. The van der Waals surface area contributed by atoms with E-state index in [-0.39, 0.29) is 17.9 Å². The zero-order valence-electron chi connectivity index (χ0n) is 13.9. The molecule has 0 radical (unpaired) electrons. The zero-order valence-corrected chi connectivity index (χ0v) is 13.9. The van der Waals surface area contributed by atoms with E-state index < -0.39 is 0 Å². The van der Waals surface area contributed by atoms with Crippen molar-refractivity contribution < 1.29 is 14.3 Å². The molecule has 0 aliphatic heterocycles. The molecule has 4 nitrogen and oxygen atoms in total. The quantitative estimate of drug-likeness (QED) is 0.832. The average Bonchev–Trinajstić information content (AvgIpc) is 3.04. The highest BCUT2D eigenvalue weighted by atomic mass is 16.5. The van der Waals surface area contributed by atoms with Crippen LogP contribution in [-0.4, -0.2) is 19.1 Å². The van der Waals surface area contributed by atoms with E-state index in [1.807, 2.05) is 39.0 Å². The molecular formula is C18H27NO3. The van der Waals surface area contributed by atoms with Gasteiger partial charge in [0.15, 0.2) is 11.5 Å². The summed E-state index contributed by atoms with van der Waals surface area (Å²) in [5, 5.41) is 3.12. The van der Waals surface area contributed by atoms with Crippen molar-refractivity contribution in [2.24, 2.45) is 5.92 Å². The molecule has 0 unspecified atom stereocenters. The standard InChI is InChI=1S/C18H27NO3/c1-4-21-16-11-10-15(12-17(16)22-5-2)13(3)19-18(20)14-8-6-7-9-14/h10-14H,4-9H2,1-3H3,(H,19,20)/t13-/m0/s1. The van der Waals surface area contributed by atoms with Gasteiger partial charge in [-0.15, -0.1) is 0 Å². The number of ether oxygens (including phenoxy) is 2. The fourth-order valence-electron chi connectivity index (χ4n) is 2.94. The molecule has 4 heteroatoms. The fourth-order valence-corrected chi connectivity index (χ4v) is 2.94. The molecule has 1 fully saturated rings. The van der Waals surface area contributed by atoms with Crippen molar-refractivity contribution in [2.75, 3.05) is 13.2 Å². The van der Waals surface area contributed by atoms with Gasteiger partial charge in [0.25, 0.3) is 0 Å². The Morgan fingerprint density at radius 1 is 1.18 bits per heavy atom. The number of hydrogen-bond acceptors (Lipinski definition) is 3. The Hall–Kier alpha value is -1.71. The van der Waals surface area contributed by atoms with Crippen LogP contribution in [0.3, 0.4) is 0 Å². The molecule has 122 valence electrons. The van der Waals surface area contributed by atoms with E-state index in [1.54, 1.807) is 0 Å². The van der Waals surface area contributed by atoms with Gasteiger partial charge in [-0.1, -0.05) is 18.9 Å². The summed E-state index contributed by atoms with van der Waals surface area (Å²) in [6.45, 7) is 7.11. The lowest BCUT2D eigenvalue weighted by Crippen LogP contribution is -2.31. The normalized spacial score (nSPS) is 16.3. The maximum atomic E-state index is 12.2. The maximum Gasteiger partial charge on any atom is 0.223 e. The lowest BCUT2D eigenvalue weighted by Gasteiger charge is -2.19. The summed E-state index contributed by atoms with van der Waals surface area (Å²) < 4.78 is 11.2. The Morgan fingerprint density at radius 3 is 2.45 bits per heavy atom. The van der Waals surface area contributed by atoms with Crippen LogP contribution >= 0.6 is 0 Å². The number of amides is 1. The van der Waals surface area contributed by atoms with Gasteiger partial charge < -0.3 is 14.8 Å². The average molecular weight is 305 g/mol. The minimum atomic E-state index is -0.0250.